The van der Waals surface area contributed by atoms with Crippen LogP contribution in [0.2, 0.25) is 0 Å². The third-order valence-electron chi connectivity index (χ3n) is 2.31. The van der Waals surface area contributed by atoms with E-state index in [9.17, 15) is 8.42 Å². The van der Waals surface area contributed by atoms with Gasteiger partial charge in [-0.2, -0.15) is 4.31 Å². The Kier molecular flexibility index (Phi) is 3.32. The maximum absolute atomic E-state index is 11.4. The van der Waals surface area contributed by atoms with Crippen molar-refractivity contribution in [2.45, 2.75) is 19.9 Å². The van der Waals surface area contributed by atoms with Crippen molar-refractivity contribution in [3.8, 4) is 0 Å². The Hall–Kier alpha value is -0.130. The molecule has 1 saturated heterocycles. The average Bonchev–Trinajstić information content (AvgIpc) is 2.03. The summed E-state index contributed by atoms with van der Waals surface area (Å²) < 4.78 is 29.5. The summed E-state index contributed by atoms with van der Waals surface area (Å²) in [5.74, 6) is 0.301. The van der Waals surface area contributed by atoms with Gasteiger partial charge >= 0.3 is 0 Å². The van der Waals surface area contributed by atoms with Crippen LogP contribution in [0.1, 0.15) is 13.8 Å². The maximum atomic E-state index is 11.4. The van der Waals surface area contributed by atoms with Gasteiger partial charge in [-0.15, -0.1) is 0 Å². The van der Waals surface area contributed by atoms with Gasteiger partial charge in [-0.3, -0.25) is 0 Å². The molecule has 0 spiro atoms. The molecule has 0 radical (unpaired) electrons. The number of ether oxygens (including phenoxy) is 1. The second-order valence-corrected chi connectivity index (χ2v) is 5.70. The standard InChI is InChI=1S/C8H17NO3S/c1-7(2)8-6-12-5-4-9(8)13(3,10)11/h7-8H,4-6H2,1-3H3. The number of hydrogen-bond acceptors (Lipinski definition) is 3. The zero-order valence-corrected chi connectivity index (χ0v) is 9.17. The summed E-state index contributed by atoms with van der Waals surface area (Å²) in [4.78, 5) is 0. The van der Waals surface area contributed by atoms with E-state index in [4.69, 9.17) is 4.74 Å². The minimum Gasteiger partial charge on any atom is -0.378 e. The fraction of sp³-hybridized carbons (Fsp3) is 1.00. The fourth-order valence-corrected chi connectivity index (χ4v) is 2.75. The highest BCUT2D eigenvalue weighted by atomic mass is 32.2. The van der Waals surface area contributed by atoms with E-state index in [2.05, 4.69) is 0 Å². The molecule has 0 aromatic carbocycles. The summed E-state index contributed by atoms with van der Waals surface area (Å²) >= 11 is 0. The molecule has 5 heteroatoms. The van der Waals surface area contributed by atoms with Crippen molar-refractivity contribution in [3.63, 3.8) is 0 Å². The van der Waals surface area contributed by atoms with E-state index in [0.717, 1.165) is 0 Å². The Labute approximate surface area is 79.9 Å². The Morgan fingerprint density at radius 1 is 1.46 bits per heavy atom. The summed E-state index contributed by atoms with van der Waals surface area (Å²) in [6.45, 7) is 5.54. The molecule has 1 aliphatic rings. The third kappa shape index (κ3) is 2.65. The maximum Gasteiger partial charge on any atom is 0.211 e. The van der Waals surface area contributed by atoms with E-state index in [-0.39, 0.29) is 6.04 Å². The SMILES string of the molecule is CC(C)C1COCCN1S(C)(=O)=O. The van der Waals surface area contributed by atoms with Gasteiger partial charge in [0, 0.05) is 6.54 Å². The Morgan fingerprint density at radius 3 is 2.46 bits per heavy atom. The number of nitrogens with zero attached hydrogens (tertiary/aromatic N) is 1. The van der Waals surface area contributed by atoms with Crippen LogP contribution >= 0.6 is 0 Å². The van der Waals surface area contributed by atoms with Crippen molar-refractivity contribution in [2.75, 3.05) is 26.0 Å². The lowest BCUT2D eigenvalue weighted by molar-refractivity contribution is 0.0164. The lowest BCUT2D eigenvalue weighted by atomic mass is 10.1. The van der Waals surface area contributed by atoms with Crippen molar-refractivity contribution in [1.29, 1.82) is 0 Å². The van der Waals surface area contributed by atoms with Crippen LogP contribution in [0.3, 0.4) is 0 Å². The van der Waals surface area contributed by atoms with Gasteiger partial charge in [0.05, 0.1) is 25.5 Å². The molecule has 0 aromatic heterocycles. The molecule has 1 heterocycles. The topological polar surface area (TPSA) is 46.6 Å². The third-order valence-corrected chi connectivity index (χ3v) is 3.62. The lowest BCUT2D eigenvalue weighted by Crippen LogP contribution is -2.50. The minimum atomic E-state index is -3.07. The second-order valence-electron chi connectivity index (χ2n) is 3.76. The summed E-state index contributed by atoms with van der Waals surface area (Å²) in [6, 6.07) is 0.00347. The van der Waals surface area contributed by atoms with Crippen LogP contribution in [0.15, 0.2) is 0 Å². The molecule has 0 N–H and O–H groups in total. The first-order valence-electron chi connectivity index (χ1n) is 4.47. The predicted molar refractivity (Wildman–Crippen MR) is 51.0 cm³/mol. The van der Waals surface area contributed by atoms with Crippen LogP contribution in [-0.2, 0) is 14.8 Å². The summed E-state index contributed by atoms with van der Waals surface area (Å²) in [5.41, 5.74) is 0. The molecule has 0 saturated carbocycles. The van der Waals surface area contributed by atoms with Gasteiger partial charge in [0.1, 0.15) is 0 Å². The minimum absolute atomic E-state index is 0.00347. The second kappa shape index (κ2) is 3.94. The Bertz CT molecular complexity index is 261. The van der Waals surface area contributed by atoms with Gasteiger partial charge in [-0.1, -0.05) is 13.8 Å². The van der Waals surface area contributed by atoms with E-state index >= 15 is 0 Å². The van der Waals surface area contributed by atoms with E-state index in [1.165, 1.54) is 6.26 Å². The van der Waals surface area contributed by atoms with Crippen LogP contribution < -0.4 is 0 Å². The predicted octanol–water partition coefficient (Wildman–Crippen LogP) is 0.303. The van der Waals surface area contributed by atoms with Crippen LogP contribution in [0, 0.1) is 5.92 Å². The molecule has 0 aromatic rings. The Balaban J connectivity index is 2.80. The number of sulfonamides is 1. The molecule has 0 amide bonds. The van der Waals surface area contributed by atoms with Gasteiger partial charge < -0.3 is 4.74 Å². The van der Waals surface area contributed by atoms with Crippen LogP contribution in [0.25, 0.3) is 0 Å². The van der Waals surface area contributed by atoms with Crippen molar-refractivity contribution in [3.05, 3.63) is 0 Å². The van der Waals surface area contributed by atoms with Crippen molar-refractivity contribution >= 4 is 10.0 Å². The quantitative estimate of drug-likeness (QED) is 0.654. The van der Waals surface area contributed by atoms with E-state index in [0.29, 0.717) is 25.7 Å². The largest absolute Gasteiger partial charge is 0.378 e. The molecule has 0 aliphatic carbocycles. The molecular weight excluding hydrogens is 190 g/mol. The van der Waals surface area contributed by atoms with Crippen LogP contribution in [0.5, 0.6) is 0 Å². The molecule has 1 fully saturated rings. The normalized spacial score (nSPS) is 26.6. The van der Waals surface area contributed by atoms with Gasteiger partial charge in [-0.05, 0) is 5.92 Å². The molecule has 1 atom stereocenters. The zero-order chi connectivity index (χ0) is 10.1. The lowest BCUT2D eigenvalue weighted by Gasteiger charge is -2.35. The first-order chi connectivity index (χ1) is 5.93. The van der Waals surface area contributed by atoms with Gasteiger partial charge in [0.25, 0.3) is 0 Å². The highest BCUT2D eigenvalue weighted by Crippen LogP contribution is 2.17. The van der Waals surface area contributed by atoms with E-state index in [1.54, 1.807) is 4.31 Å². The Morgan fingerprint density at radius 2 is 2.08 bits per heavy atom. The molecule has 78 valence electrons. The molecule has 1 unspecified atom stereocenters. The molecule has 4 nitrogen and oxygen atoms in total. The van der Waals surface area contributed by atoms with Gasteiger partial charge in [0.15, 0.2) is 0 Å². The van der Waals surface area contributed by atoms with Crippen LogP contribution in [0.4, 0.5) is 0 Å². The van der Waals surface area contributed by atoms with Crippen molar-refractivity contribution in [2.24, 2.45) is 5.92 Å². The summed E-state index contributed by atoms with van der Waals surface area (Å²) in [7, 11) is -3.07. The molecule has 13 heavy (non-hydrogen) atoms. The highest BCUT2D eigenvalue weighted by Gasteiger charge is 2.31. The first kappa shape index (κ1) is 10.9. The van der Waals surface area contributed by atoms with Crippen molar-refractivity contribution in [1.82, 2.24) is 4.31 Å². The first-order valence-corrected chi connectivity index (χ1v) is 6.32. The molecule has 0 bridgehead atoms. The number of hydrogen-bond donors (Lipinski definition) is 0. The zero-order valence-electron chi connectivity index (χ0n) is 8.36. The smallest absolute Gasteiger partial charge is 0.211 e. The van der Waals surface area contributed by atoms with Gasteiger partial charge in [-0.25, -0.2) is 8.42 Å². The number of rotatable bonds is 2. The highest BCUT2D eigenvalue weighted by molar-refractivity contribution is 7.88. The van der Waals surface area contributed by atoms with Crippen LogP contribution in [-0.4, -0.2) is 44.8 Å². The monoisotopic (exact) mass is 207 g/mol. The van der Waals surface area contributed by atoms with Crippen molar-refractivity contribution < 1.29 is 13.2 Å². The van der Waals surface area contributed by atoms with Gasteiger partial charge in [0.2, 0.25) is 10.0 Å². The molecular formula is C8H17NO3S. The summed E-state index contributed by atoms with van der Waals surface area (Å²) in [5, 5.41) is 0. The molecule has 1 aliphatic heterocycles. The fourth-order valence-electron chi connectivity index (χ4n) is 1.54. The average molecular weight is 207 g/mol. The number of morpholine rings is 1. The molecule has 1 rings (SSSR count). The van der Waals surface area contributed by atoms with E-state index < -0.39 is 10.0 Å². The summed E-state index contributed by atoms with van der Waals surface area (Å²) in [6.07, 6.45) is 1.26. The van der Waals surface area contributed by atoms with E-state index in [1.807, 2.05) is 13.8 Å².